The number of rotatable bonds is 5. The lowest BCUT2D eigenvalue weighted by molar-refractivity contribution is -0.184. The SMILES string of the molecule is CC1CCC(NS(=O)(=O)CC(=O)N[C@H]2CCC[C@H](C(F)(F)F)C2)CC1. The molecule has 0 saturated heterocycles. The highest BCUT2D eigenvalue weighted by Crippen LogP contribution is 2.37. The summed E-state index contributed by atoms with van der Waals surface area (Å²) in [5.41, 5.74) is 0. The monoisotopic (exact) mass is 384 g/mol. The number of halogens is 3. The van der Waals surface area contributed by atoms with E-state index in [1.807, 2.05) is 0 Å². The molecule has 2 aliphatic rings. The first-order valence-electron chi connectivity index (χ1n) is 8.91. The summed E-state index contributed by atoms with van der Waals surface area (Å²) >= 11 is 0. The van der Waals surface area contributed by atoms with Gasteiger partial charge < -0.3 is 5.32 Å². The van der Waals surface area contributed by atoms with E-state index in [-0.39, 0.29) is 18.9 Å². The first-order valence-corrected chi connectivity index (χ1v) is 10.6. The van der Waals surface area contributed by atoms with Crippen LogP contribution in [0.5, 0.6) is 0 Å². The first kappa shape index (κ1) is 20.5. The van der Waals surface area contributed by atoms with E-state index in [9.17, 15) is 26.4 Å². The Morgan fingerprint density at radius 2 is 1.68 bits per heavy atom. The summed E-state index contributed by atoms with van der Waals surface area (Å²) in [5.74, 6) is -2.31. The molecule has 0 aromatic heterocycles. The number of hydrogen-bond donors (Lipinski definition) is 2. The lowest BCUT2D eigenvalue weighted by Crippen LogP contribution is -2.46. The van der Waals surface area contributed by atoms with Crippen LogP contribution in [0.1, 0.15) is 58.3 Å². The Labute approximate surface area is 147 Å². The molecular weight excluding hydrogens is 357 g/mol. The van der Waals surface area contributed by atoms with Gasteiger partial charge in [-0.1, -0.05) is 13.3 Å². The van der Waals surface area contributed by atoms with Gasteiger partial charge in [-0.2, -0.15) is 13.2 Å². The molecule has 0 unspecified atom stereocenters. The third-order valence-electron chi connectivity index (χ3n) is 5.19. The molecule has 2 atom stereocenters. The summed E-state index contributed by atoms with van der Waals surface area (Å²) in [4.78, 5) is 12.0. The molecule has 0 aliphatic heterocycles. The Balaban J connectivity index is 1.80. The molecule has 0 aromatic rings. The van der Waals surface area contributed by atoms with Crippen molar-refractivity contribution in [2.75, 3.05) is 5.75 Å². The van der Waals surface area contributed by atoms with Crippen LogP contribution in [0, 0.1) is 11.8 Å². The Morgan fingerprint density at radius 3 is 2.28 bits per heavy atom. The highest BCUT2D eigenvalue weighted by atomic mass is 32.2. The minimum Gasteiger partial charge on any atom is -0.352 e. The smallest absolute Gasteiger partial charge is 0.352 e. The van der Waals surface area contributed by atoms with Crippen LogP contribution in [0.2, 0.25) is 0 Å². The van der Waals surface area contributed by atoms with Gasteiger partial charge in [-0.25, -0.2) is 13.1 Å². The van der Waals surface area contributed by atoms with Crippen molar-refractivity contribution in [3.8, 4) is 0 Å². The van der Waals surface area contributed by atoms with Crippen LogP contribution in [0.25, 0.3) is 0 Å². The van der Waals surface area contributed by atoms with Gasteiger partial charge in [0.2, 0.25) is 15.9 Å². The highest BCUT2D eigenvalue weighted by Gasteiger charge is 2.42. The lowest BCUT2D eigenvalue weighted by atomic mass is 9.85. The number of carbonyl (C=O) groups is 1. The second-order valence-corrected chi connectivity index (χ2v) is 9.26. The molecule has 2 aliphatic carbocycles. The van der Waals surface area contributed by atoms with Crippen LogP contribution >= 0.6 is 0 Å². The standard InChI is InChI=1S/C16H27F3N2O3S/c1-11-5-7-13(8-6-11)21-25(23,24)10-15(22)20-14-4-2-3-12(9-14)16(17,18)19/h11-14,21H,2-10H2,1H3,(H,20,22)/t11?,12-,13?,14-/m0/s1. The molecule has 5 nitrogen and oxygen atoms in total. The van der Waals surface area contributed by atoms with Gasteiger partial charge >= 0.3 is 6.18 Å². The van der Waals surface area contributed by atoms with Gasteiger partial charge in [0.05, 0.1) is 5.92 Å². The maximum absolute atomic E-state index is 12.8. The molecule has 2 rings (SSSR count). The third kappa shape index (κ3) is 6.77. The molecular formula is C16H27F3N2O3S. The zero-order chi connectivity index (χ0) is 18.7. The number of alkyl halides is 3. The van der Waals surface area contributed by atoms with Crippen LogP contribution < -0.4 is 10.0 Å². The van der Waals surface area contributed by atoms with E-state index in [1.165, 1.54) is 0 Å². The number of hydrogen-bond acceptors (Lipinski definition) is 3. The molecule has 2 saturated carbocycles. The molecule has 1 amide bonds. The van der Waals surface area contributed by atoms with E-state index in [1.54, 1.807) is 0 Å². The summed E-state index contributed by atoms with van der Waals surface area (Å²) in [6.45, 7) is 2.12. The molecule has 0 heterocycles. The molecule has 2 N–H and O–H groups in total. The summed E-state index contributed by atoms with van der Waals surface area (Å²) in [6.07, 6.45) is -0.169. The van der Waals surface area contributed by atoms with E-state index < -0.39 is 39.8 Å². The second kappa shape index (κ2) is 8.24. The summed E-state index contributed by atoms with van der Waals surface area (Å²) in [7, 11) is -3.77. The van der Waals surface area contributed by atoms with Crippen LogP contribution in [0.4, 0.5) is 13.2 Å². The molecule has 2 fully saturated rings. The fourth-order valence-electron chi connectivity index (χ4n) is 3.73. The van der Waals surface area contributed by atoms with E-state index in [4.69, 9.17) is 0 Å². The minimum absolute atomic E-state index is 0.0653. The maximum atomic E-state index is 12.8. The van der Waals surface area contributed by atoms with Gasteiger partial charge in [0.15, 0.2) is 0 Å². The number of sulfonamides is 1. The van der Waals surface area contributed by atoms with Gasteiger partial charge in [0, 0.05) is 12.1 Å². The largest absolute Gasteiger partial charge is 0.391 e. The van der Waals surface area contributed by atoms with Gasteiger partial charge in [-0.3, -0.25) is 4.79 Å². The molecule has 0 radical (unpaired) electrons. The predicted octanol–water partition coefficient (Wildman–Crippen LogP) is 2.72. The van der Waals surface area contributed by atoms with Crippen molar-refractivity contribution in [3.05, 3.63) is 0 Å². The molecule has 25 heavy (non-hydrogen) atoms. The zero-order valence-corrected chi connectivity index (χ0v) is 15.3. The maximum Gasteiger partial charge on any atom is 0.391 e. The summed E-state index contributed by atoms with van der Waals surface area (Å²) < 4.78 is 65.1. The van der Waals surface area contributed by atoms with Gasteiger partial charge in [-0.05, 0) is 50.9 Å². The average Bonchev–Trinajstić information content (AvgIpc) is 2.48. The van der Waals surface area contributed by atoms with Crippen molar-refractivity contribution in [1.29, 1.82) is 0 Å². The Hall–Kier alpha value is -0.830. The van der Waals surface area contributed by atoms with Crippen molar-refractivity contribution < 1.29 is 26.4 Å². The Morgan fingerprint density at radius 1 is 1.04 bits per heavy atom. The quantitative estimate of drug-likeness (QED) is 0.765. The zero-order valence-electron chi connectivity index (χ0n) is 14.4. The fraction of sp³-hybridized carbons (Fsp3) is 0.938. The second-order valence-electron chi connectivity index (χ2n) is 7.50. The number of amides is 1. The van der Waals surface area contributed by atoms with Gasteiger partial charge in [0.1, 0.15) is 5.75 Å². The molecule has 0 bridgehead atoms. The normalized spacial score (nSPS) is 31.5. The third-order valence-corrected chi connectivity index (χ3v) is 6.52. The lowest BCUT2D eigenvalue weighted by Gasteiger charge is -2.31. The highest BCUT2D eigenvalue weighted by molar-refractivity contribution is 7.90. The average molecular weight is 384 g/mol. The summed E-state index contributed by atoms with van der Waals surface area (Å²) in [5, 5.41) is 2.46. The topological polar surface area (TPSA) is 75.3 Å². The Kier molecular flexibility index (Phi) is 6.75. The van der Waals surface area contributed by atoms with E-state index in [0.29, 0.717) is 18.8 Å². The fourth-order valence-corrected chi connectivity index (χ4v) is 4.99. The predicted molar refractivity (Wildman–Crippen MR) is 88.3 cm³/mol. The van der Waals surface area contributed by atoms with Crippen LogP contribution in [-0.4, -0.2) is 38.3 Å². The van der Waals surface area contributed by atoms with Crippen LogP contribution in [-0.2, 0) is 14.8 Å². The van der Waals surface area contributed by atoms with E-state index in [2.05, 4.69) is 17.0 Å². The van der Waals surface area contributed by atoms with Crippen LogP contribution in [0.15, 0.2) is 0 Å². The van der Waals surface area contributed by atoms with E-state index in [0.717, 1.165) is 25.7 Å². The molecule has 9 heteroatoms. The van der Waals surface area contributed by atoms with Crippen LogP contribution in [0.3, 0.4) is 0 Å². The van der Waals surface area contributed by atoms with Crippen molar-refractivity contribution in [2.45, 2.75) is 76.6 Å². The molecule has 146 valence electrons. The molecule has 0 spiro atoms. The number of carbonyl (C=O) groups excluding carboxylic acids is 1. The van der Waals surface area contributed by atoms with Crippen molar-refractivity contribution in [2.24, 2.45) is 11.8 Å². The molecule has 0 aromatic carbocycles. The van der Waals surface area contributed by atoms with Crippen molar-refractivity contribution in [3.63, 3.8) is 0 Å². The van der Waals surface area contributed by atoms with Gasteiger partial charge in [0.25, 0.3) is 0 Å². The van der Waals surface area contributed by atoms with Gasteiger partial charge in [-0.15, -0.1) is 0 Å². The first-order chi connectivity index (χ1) is 11.5. The van der Waals surface area contributed by atoms with Crippen molar-refractivity contribution >= 4 is 15.9 Å². The van der Waals surface area contributed by atoms with Crippen molar-refractivity contribution in [1.82, 2.24) is 10.0 Å². The van der Waals surface area contributed by atoms with E-state index >= 15 is 0 Å². The minimum atomic E-state index is -4.27. The summed E-state index contributed by atoms with van der Waals surface area (Å²) in [6, 6.07) is -0.767. The number of nitrogens with one attached hydrogen (secondary N) is 2. The Bertz CT molecular complexity index is 557.